The number of nitrogens with one attached hydrogen (secondary N) is 1. The SMILES string of the molecule is O=S(=O)(NCc1cccc(F)c1)c1cccc2cccc(Cl)c12. The van der Waals surface area contributed by atoms with Crippen LogP contribution in [0.3, 0.4) is 0 Å². The number of hydrogen-bond donors (Lipinski definition) is 1. The van der Waals surface area contributed by atoms with Crippen LogP contribution in [0.15, 0.2) is 65.6 Å². The molecular formula is C17H13ClFNO2S. The maximum atomic E-state index is 13.2. The fourth-order valence-electron chi connectivity index (χ4n) is 2.39. The molecule has 6 heteroatoms. The Hall–Kier alpha value is -1.95. The zero-order valence-corrected chi connectivity index (χ0v) is 13.5. The lowest BCUT2D eigenvalue weighted by Crippen LogP contribution is -2.23. The fraction of sp³-hybridized carbons (Fsp3) is 0.0588. The van der Waals surface area contributed by atoms with E-state index in [1.165, 1.54) is 24.3 Å². The van der Waals surface area contributed by atoms with Crippen LogP contribution < -0.4 is 4.72 Å². The van der Waals surface area contributed by atoms with Gasteiger partial charge in [0, 0.05) is 17.0 Å². The van der Waals surface area contributed by atoms with Crippen LogP contribution in [0.2, 0.25) is 5.02 Å². The van der Waals surface area contributed by atoms with Crippen LogP contribution in [0, 0.1) is 5.82 Å². The van der Waals surface area contributed by atoms with E-state index in [9.17, 15) is 12.8 Å². The van der Waals surface area contributed by atoms with Gasteiger partial charge in [-0.2, -0.15) is 0 Å². The maximum absolute atomic E-state index is 13.2. The second-order valence-electron chi connectivity index (χ2n) is 5.05. The third-order valence-electron chi connectivity index (χ3n) is 3.46. The summed E-state index contributed by atoms with van der Waals surface area (Å²) < 4.78 is 40.8. The van der Waals surface area contributed by atoms with E-state index in [4.69, 9.17) is 11.6 Å². The van der Waals surface area contributed by atoms with Crippen LogP contribution in [-0.4, -0.2) is 8.42 Å². The molecule has 118 valence electrons. The first-order chi connectivity index (χ1) is 11.0. The van der Waals surface area contributed by atoms with E-state index < -0.39 is 15.8 Å². The van der Waals surface area contributed by atoms with Gasteiger partial charge in [0.25, 0.3) is 0 Å². The molecule has 0 saturated heterocycles. The van der Waals surface area contributed by atoms with Crippen molar-refractivity contribution in [3.05, 3.63) is 77.1 Å². The van der Waals surface area contributed by atoms with Crippen molar-refractivity contribution in [2.24, 2.45) is 0 Å². The van der Waals surface area contributed by atoms with E-state index in [2.05, 4.69) is 4.72 Å². The molecule has 0 heterocycles. The standard InChI is InChI=1S/C17H13ClFNO2S/c18-15-8-2-5-13-6-3-9-16(17(13)15)23(21,22)20-11-12-4-1-7-14(19)10-12/h1-10,20H,11H2. The van der Waals surface area contributed by atoms with Gasteiger partial charge in [-0.3, -0.25) is 0 Å². The highest BCUT2D eigenvalue weighted by molar-refractivity contribution is 7.89. The first kappa shape index (κ1) is 15.9. The van der Waals surface area contributed by atoms with Gasteiger partial charge in [0.2, 0.25) is 10.0 Å². The van der Waals surface area contributed by atoms with Gasteiger partial charge in [-0.1, -0.05) is 48.0 Å². The molecule has 0 unspecified atom stereocenters. The molecule has 3 aromatic carbocycles. The molecule has 1 N–H and O–H groups in total. The minimum Gasteiger partial charge on any atom is -0.207 e. The van der Waals surface area contributed by atoms with Gasteiger partial charge >= 0.3 is 0 Å². The molecule has 3 nitrogen and oxygen atoms in total. The van der Waals surface area contributed by atoms with Gasteiger partial charge in [-0.05, 0) is 35.2 Å². The lowest BCUT2D eigenvalue weighted by Gasteiger charge is -2.11. The summed E-state index contributed by atoms with van der Waals surface area (Å²) in [7, 11) is -3.78. The van der Waals surface area contributed by atoms with E-state index in [-0.39, 0.29) is 11.4 Å². The summed E-state index contributed by atoms with van der Waals surface area (Å²) in [6, 6.07) is 16.0. The Morgan fingerprint density at radius 1 is 1.00 bits per heavy atom. The zero-order chi connectivity index (χ0) is 16.4. The van der Waals surface area contributed by atoms with Crippen LogP contribution >= 0.6 is 11.6 Å². The molecule has 0 aliphatic rings. The number of rotatable bonds is 4. The third kappa shape index (κ3) is 3.37. The van der Waals surface area contributed by atoms with Crippen molar-refractivity contribution in [2.45, 2.75) is 11.4 Å². The summed E-state index contributed by atoms with van der Waals surface area (Å²) in [6.45, 7) is 0.000926. The first-order valence-electron chi connectivity index (χ1n) is 6.89. The summed E-state index contributed by atoms with van der Waals surface area (Å²) in [6.07, 6.45) is 0. The second-order valence-corrected chi connectivity index (χ2v) is 7.19. The predicted molar refractivity (Wildman–Crippen MR) is 89.4 cm³/mol. The number of benzene rings is 3. The summed E-state index contributed by atoms with van der Waals surface area (Å²) in [5.41, 5.74) is 0.542. The topological polar surface area (TPSA) is 46.2 Å². The molecule has 0 amide bonds. The average molecular weight is 350 g/mol. The first-order valence-corrected chi connectivity index (χ1v) is 8.75. The number of hydrogen-bond acceptors (Lipinski definition) is 2. The fourth-order valence-corrected chi connectivity index (χ4v) is 4.00. The molecule has 0 atom stereocenters. The van der Waals surface area contributed by atoms with Gasteiger partial charge in [0.05, 0.1) is 4.90 Å². The molecule has 0 aliphatic carbocycles. The van der Waals surface area contributed by atoms with E-state index in [1.807, 2.05) is 0 Å². The van der Waals surface area contributed by atoms with Crippen LogP contribution in [0.4, 0.5) is 4.39 Å². The number of halogens is 2. The molecule has 3 rings (SSSR count). The van der Waals surface area contributed by atoms with Crippen molar-refractivity contribution in [3.8, 4) is 0 Å². The van der Waals surface area contributed by atoms with Gasteiger partial charge in [0.15, 0.2) is 0 Å². The quantitative estimate of drug-likeness (QED) is 0.770. The normalized spacial score (nSPS) is 11.7. The number of sulfonamides is 1. The highest BCUT2D eigenvalue weighted by atomic mass is 35.5. The Balaban J connectivity index is 1.97. The maximum Gasteiger partial charge on any atom is 0.241 e. The van der Waals surface area contributed by atoms with E-state index in [0.717, 1.165) is 5.39 Å². The Morgan fingerprint density at radius 2 is 1.70 bits per heavy atom. The van der Waals surface area contributed by atoms with Crippen molar-refractivity contribution in [3.63, 3.8) is 0 Å². The Morgan fingerprint density at radius 3 is 2.43 bits per heavy atom. The summed E-state index contributed by atoms with van der Waals surface area (Å²) >= 11 is 6.16. The van der Waals surface area contributed by atoms with Gasteiger partial charge in [-0.25, -0.2) is 17.5 Å². The Kier molecular flexibility index (Phi) is 4.35. The summed E-state index contributed by atoms with van der Waals surface area (Å²) in [5, 5.41) is 1.59. The van der Waals surface area contributed by atoms with Crippen LogP contribution in [-0.2, 0) is 16.6 Å². The van der Waals surface area contributed by atoms with E-state index in [1.54, 1.807) is 36.4 Å². The lowest BCUT2D eigenvalue weighted by molar-refractivity contribution is 0.581. The second kappa shape index (κ2) is 6.28. The molecule has 0 aromatic heterocycles. The van der Waals surface area contributed by atoms with Crippen molar-refractivity contribution < 1.29 is 12.8 Å². The summed E-state index contributed by atoms with van der Waals surface area (Å²) in [5.74, 6) is -0.407. The van der Waals surface area contributed by atoms with Crippen LogP contribution in [0.1, 0.15) is 5.56 Å². The van der Waals surface area contributed by atoms with Gasteiger partial charge < -0.3 is 0 Å². The van der Waals surface area contributed by atoms with Crippen molar-refractivity contribution in [2.75, 3.05) is 0 Å². The monoisotopic (exact) mass is 349 g/mol. The smallest absolute Gasteiger partial charge is 0.207 e. The summed E-state index contributed by atoms with van der Waals surface area (Å²) in [4.78, 5) is 0.108. The Labute approximate surface area is 138 Å². The van der Waals surface area contributed by atoms with Crippen LogP contribution in [0.25, 0.3) is 10.8 Å². The average Bonchev–Trinajstić information content (AvgIpc) is 2.53. The predicted octanol–water partition coefficient (Wildman–Crippen LogP) is 4.11. The molecule has 0 spiro atoms. The van der Waals surface area contributed by atoms with E-state index in [0.29, 0.717) is 16.0 Å². The minimum atomic E-state index is -3.78. The molecule has 23 heavy (non-hydrogen) atoms. The Bertz CT molecular complexity index is 968. The molecule has 0 fully saturated rings. The third-order valence-corrected chi connectivity index (χ3v) is 5.22. The minimum absolute atomic E-state index is 0.000926. The largest absolute Gasteiger partial charge is 0.241 e. The van der Waals surface area contributed by atoms with Crippen molar-refractivity contribution >= 4 is 32.4 Å². The molecule has 0 bridgehead atoms. The highest BCUT2D eigenvalue weighted by Crippen LogP contribution is 2.29. The van der Waals surface area contributed by atoms with Crippen LogP contribution in [0.5, 0.6) is 0 Å². The zero-order valence-electron chi connectivity index (χ0n) is 12.0. The van der Waals surface area contributed by atoms with Gasteiger partial charge in [-0.15, -0.1) is 0 Å². The van der Waals surface area contributed by atoms with Crippen molar-refractivity contribution in [1.29, 1.82) is 0 Å². The van der Waals surface area contributed by atoms with E-state index >= 15 is 0 Å². The molecule has 0 saturated carbocycles. The molecule has 0 aliphatic heterocycles. The molecular weight excluding hydrogens is 337 g/mol. The highest BCUT2D eigenvalue weighted by Gasteiger charge is 2.18. The van der Waals surface area contributed by atoms with Crippen molar-refractivity contribution in [1.82, 2.24) is 4.72 Å². The lowest BCUT2D eigenvalue weighted by atomic mass is 10.1. The van der Waals surface area contributed by atoms with Gasteiger partial charge in [0.1, 0.15) is 5.82 Å². The molecule has 3 aromatic rings. The molecule has 0 radical (unpaired) electrons. The number of fused-ring (bicyclic) bond motifs is 1.